The summed E-state index contributed by atoms with van der Waals surface area (Å²) in [5.41, 5.74) is 9.24. The minimum Gasteiger partial charge on any atom is -0.493 e. The number of hydrogen-bond donors (Lipinski definition) is 2. The molecule has 2 aromatic carbocycles. The van der Waals surface area contributed by atoms with Crippen molar-refractivity contribution in [3.8, 4) is 5.75 Å². The normalized spacial score (nSPS) is 26.4. The van der Waals surface area contributed by atoms with Crippen LogP contribution in [0.1, 0.15) is 91.3 Å². The lowest BCUT2D eigenvalue weighted by atomic mass is 9.48. The van der Waals surface area contributed by atoms with Gasteiger partial charge in [-0.3, -0.25) is 4.79 Å². The van der Waals surface area contributed by atoms with Crippen molar-refractivity contribution in [2.24, 2.45) is 23.5 Å². The van der Waals surface area contributed by atoms with Gasteiger partial charge >= 0.3 is 5.97 Å². The van der Waals surface area contributed by atoms with Gasteiger partial charge in [0.15, 0.2) is 0 Å². The van der Waals surface area contributed by atoms with E-state index < -0.39 is 5.97 Å². The van der Waals surface area contributed by atoms with Gasteiger partial charge in [-0.2, -0.15) is 0 Å². The Hall–Kier alpha value is -3.08. The van der Waals surface area contributed by atoms with Gasteiger partial charge in [-0.25, -0.2) is 4.79 Å². The van der Waals surface area contributed by atoms with E-state index in [0.717, 1.165) is 53.9 Å². The van der Waals surface area contributed by atoms with Gasteiger partial charge in [0.1, 0.15) is 5.75 Å². The molecule has 0 spiro atoms. The molecule has 1 amide bonds. The number of nitrogens with two attached hydrogens (primary N) is 1. The Labute approximate surface area is 213 Å². The SMILES string of the molecule is NC(=O)CCCCCOc1cc(C=Cc2ccc(C(=O)O)cc2)ccc1C12CC3CC(CC(C3)C1)C2. The number of primary amides is 1. The van der Waals surface area contributed by atoms with Gasteiger partial charge in [0.25, 0.3) is 0 Å². The first-order chi connectivity index (χ1) is 17.4. The number of carbonyl (C=O) groups is 2. The molecule has 36 heavy (non-hydrogen) atoms. The fourth-order valence-electron chi connectivity index (χ4n) is 7.33. The summed E-state index contributed by atoms with van der Waals surface area (Å²) in [5.74, 6) is 2.46. The number of carboxylic acids is 1. The zero-order valence-corrected chi connectivity index (χ0v) is 21.0. The molecule has 190 valence electrons. The molecular weight excluding hydrogens is 450 g/mol. The molecule has 4 aliphatic rings. The molecule has 0 saturated heterocycles. The monoisotopic (exact) mass is 487 g/mol. The highest BCUT2D eigenvalue weighted by Gasteiger charge is 2.52. The Bertz CT molecular complexity index is 1100. The van der Waals surface area contributed by atoms with Crippen LogP contribution in [0.25, 0.3) is 12.2 Å². The second-order valence-corrected chi connectivity index (χ2v) is 11.3. The van der Waals surface area contributed by atoms with Crippen molar-refractivity contribution in [1.29, 1.82) is 0 Å². The first-order valence-corrected chi connectivity index (χ1v) is 13.5. The van der Waals surface area contributed by atoms with Crippen LogP contribution >= 0.6 is 0 Å². The summed E-state index contributed by atoms with van der Waals surface area (Å²) in [4.78, 5) is 22.1. The molecule has 4 aliphatic carbocycles. The van der Waals surface area contributed by atoms with Gasteiger partial charge in [-0.1, -0.05) is 36.4 Å². The van der Waals surface area contributed by atoms with E-state index in [4.69, 9.17) is 15.6 Å². The van der Waals surface area contributed by atoms with Gasteiger partial charge in [0.05, 0.1) is 12.2 Å². The maximum absolute atomic E-state index is 11.1. The van der Waals surface area contributed by atoms with Gasteiger partial charge in [0, 0.05) is 12.0 Å². The topological polar surface area (TPSA) is 89.6 Å². The van der Waals surface area contributed by atoms with E-state index in [1.165, 1.54) is 44.1 Å². The zero-order chi connectivity index (χ0) is 25.1. The maximum Gasteiger partial charge on any atom is 0.335 e. The third-order valence-corrected chi connectivity index (χ3v) is 8.57. The molecule has 0 aliphatic heterocycles. The van der Waals surface area contributed by atoms with Crippen LogP contribution in [-0.4, -0.2) is 23.6 Å². The van der Waals surface area contributed by atoms with E-state index >= 15 is 0 Å². The highest BCUT2D eigenvalue weighted by atomic mass is 16.5. The molecule has 0 unspecified atom stereocenters. The minimum atomic E-state index is -0.915. The summed E-state index contributed by atoms with van der Waals surface area (Å²) in [7, 11) is 0. The van der Waals surface area contributed by atoms with Crippen LogP contribution in [0.2, 0.25) is 0 Å². The number of unbranched alkanes of at least 4 members (excludes halogenated alkanes) is 2. The number of ether oxygens (including phenoxy) is 1. The average Bonchev–Trinajstić information content (AvgIpc) is 2.84. The number of carbonyl (C=O) groups excluding carboxylic acids is 1. The van der Waals surface area contributed by atoms with Gasteiger partial charge in [-0.05, 0) is 110 Å². The second kappa shape index (κ2) is 10.5. The van der Waals surface area contributed by atoms with E-state index in [0.29, 0.717) is 18.6 Å². The third-order valence-electron chi connectivity index (χ3n) is 8.57. The Morgan fingerprint density at radius 2 is 1.50 bits per heavy atom. The van der Waals surface area contributed by atoms with Gasteiger partial charge < -0.3 is 15.6 Å². The van der Waals surface area contributed by atoms with E-state index in [1.54, 1.807) is 12.1 Å². The van der Waals surface area contributed by atoms with Crippen molar-refractivity contribution in [3.63, 3.8) is 0 Å². The fourth-order valence-corrected chi connectivity index (χ4v) is 7.33. The predicted molar refractivity (Wildman–Crippen MR) is 142 cm³/mol. The fraction of sp³-hybridized carbons (Fsp3) is 0.484. The zero-order valence-electron chi connectivity index (χ0n) is 21.0. The molecule has 0 heterocycles. The molecule has 4 saturated carbocycles. The lowest BCUT2D eigenvalue weighted by Gasteiger charge is -2.57. The Balaban J connectivity index is 1.35. The summed E-state index contributed by atoms with van der Waals surface area (Å²) < 4.78 is 6.45. The lowest BCUT2D eigenvalue weighted by molar-refractivity contribution is -0.118. The van der Waals surface area contributed by atoms with Crippen molar-refractivity contribution in [1.82, 2.24) is 0 Å². The molecule has 0 atom stereocenters. The highest BCUT2D eigenvalue weighted by Crippen LogP contribution is 2.61. The van der Waals surface area contributed by atoms with Gasteiger partial charge in [0.2, 0.25) is 5.91 Å². The smallest absolute Gasteiger partial charge is 0.335 e. The second-order valence-electron chi connectivity index (χ2n) is 11.3. The molecule has 3 N–H and O–H groups in total. The largest absolute Gasteiger partial charge is 0.493 e. The predicted octanol–water partition coefficient (Wildman–Crippen LogP) is 6.45. The summed E-state index contributed by atoms with van der Waals surface area (Å²) in [6.07, 6.45) is 15.3. The standard InChI is InChI=1S/C31H37NO4/c32-29(33)4-2-1-3-13-36-28-17-22(6-5-21-7-10-26(11-8-21)30(34)35)9-12-27(28)31-18-23-14-24(19-31)16-25(15-23)20-31/h5-12,17,23-25H,1-4,13-16,18-20H2,(H2,32,33)(H,34,35). The number of hydrogen-bond acceptors (Lipinski definition) is 3. The molecule has 5 heteroatoms. The van der Waals surface area contributed by atoms with Crippen molar-refractivity contribution in [2.45, 2.75) is 69.6 Å². The molecule has 0 aromatic heterocycles. The van der Waals surface area contributed by atoms with Crippen LogP contribution in [0.5, 0.6) is 5.75 Å². The van der Waals surface area contributed by atoms with Crippen LogP contribution in [-0.2, 0) is 10.2 Å². The van der Waals surface area contributed by atoms with Crippen molar-refractivity contribution >= 4 is 24.0 Å². The molecule has 4 fully saturated rings. The Morgan fingerprint density at radius 1 is 0.889 bits per heavy atom. The summed E-state index contributed by atoms with van der Waals surface area (Å²) in [6.45, 7) is 0.641. The number of rotatable bonds is 11. The molecule has 4 bridgehead atoms. The first kappa shape index (κ1) is 24.6. The number of benzene rings is 2. The molecule has 6 rings (SSSR count). The van der Waals surface area contributed by atoms with Crippen LogP contribution in [0, 0.1) is 17.8 Å². The first-order valence-electron chi connectivity index (χ1n) is 13.5. The van der Waals surface area contributed by atoms with Crippen molar-refractivity contribution < 1.29 is 19.4 Å². The molecular formula is C31H37NO4. The highest BCUT2D eigenvalue weighted by molar-refractivity contribution is 5.88. The Kier molecular flexibility index (Phi) is 7.17. The maximum atomic E-state index is 11.1. The minimum absolute atomic E-state index is 0.239. The van der Waals surface area contributed by atoms with Crippen molar-refractivity contribution in [3.05, 3.63) is 64.7 Å². The molecule has 2 aromatic rings. The van der Waals surface area contributed by atoms with Crippen LogP contribution in [0.3, 0.4) is 0 Å². The average molecular weight is 488 g/mol. The van der Waals surface area contributed by atoms with Crippen LogP contribution in [0.15, 0.2) is 42.5 Å². The van der Waals surface area contributed by atoms with Crippen molar-refractivity contribution in [2.75, 3.05) is 6.61 Å². The van der Waals surface area contributed by atoms with E-state index in [2.05, 4.69) is 24.3 Å². The molecule has 5 nitrogen and oxygen atoms in total. The third kappa shape index (κ3) is 5.50. The van der Waals surface area contributed by atoms with Crippen LogP contribution in [0.4, 0.5) is 0 Å². The number of carboxylic acid groups (broad SMARTS) is 1. The van der Waals surface area contributed by atoms with Crippen LogP contribution < -0.4 is 10.5 Å². The van der Waals surface area contributed by atoms with E-state index in [9.17, 15) is 9.59 Å². The summed E-state index contributed by atoms with van der Waals surface area (Å²) in [5, 5.41) is 9.12. The molecule has 0 radical (unpaired) electrons. The number of aromatic carboxylic acids is 1. The van der Waals surface area contributed by atoms with Gasteiger partial charge in [-0.15, -0.1) is 0 Å². The van der Waals surface area contributed by atoms with E-state index in [1.807, 2.05) is 18.2 Å². The summed E-state index contributed by atoms with van der Waals surface area (Å²) in [6, 6.07) is 13.6. The Morgan fingerprint density at radius 3 is 2.11 bits per heavy atom. The quantitative estimate of drug-likeness (QED) is 0.282. The summed E-state index contributed by atoms with van der Waals surface area (Å²) >= 11 is 0. The van der Waals surface area contributed by atoms with E-state index in [-0.39, 0.29) is 11.3 Å². The lowest BCUT2D eigenvalue weighted by Crippen LogP contribution is -2.48. The number of amides is 1.